The summed E-state index contributed by atoms with van der Waals surface area (Å²) in [5.41, 5.74) is 7.23. The maximum absolute atomic E-state index is 12.6. The van der Waals surface area contributed by atoms with Crippen LogP contribution in [0.5, 0.6) is 0 Å². The van der Waals surface area contributed by atoms with Crippen molar-refractivity contribution in [2.75, 3.05) is 13.2 Å². The molecule has 0 saturated heterocycles. The second kappa shape index (κ2) is 16.8. The van der Waals surface area contributed by atoms with Gasteiger partial charge in [-0.2, -0.15) is 0 Å². The predicted molar refractivity (Wildman–Crippen MR) is 162 cm³/mol. The fourth-order valence-electron chi connectivity index (χ4n) is 5.25. The molecule has 0 N–H and O–H groups in total. The van der Waals surface area contributed by atoms with Crippen LogP contribution in [0, 0.1) is 41.5 Å². The van der Waals surface area contributed by atoms with E-state index in [2.05, 4.69) is 0 Å². The van der Waals surface area contributed by atoms with Gasteiger partial charge in [0.1, 0.15) is 12.1 Å². The molecule has 233 valence electrons. The minimum absolute atomic E-state index is 0. The van der Waals surface area contributed by atoms with Gasteiger partial charge in [0.05, 0.1) is 24.4 Å². The first-order valence-electron chi connectivity index (χ1n) is 14.0. The van der Waals surface area contributed by atoms with Crippen molar-refractivity contribution in [3.05, 3.63) is 91.4 Å². The molecular weight excluding hydrogens is 591 g/mol. The molecule has 0 aliphatic rings. The topological polar surface area (TPSA) is 123 Å². The largest absolute Gasteiger partial charge is 2.00 e. The molecule has 0 aliphatic heterocycles. The van der Waals surface area contributed by atoms with E-state index in [1.165, 1.54) is 26.3 Å². The number of nitrogens with zero attached hydrogens (tertiary/aromatic N) is 2. The number of carbonyl (C=O) groups excluding carboxylic acids is 2. The number of esters is 2. The number of rotatable bonds is 11. The molecule has 2 atom stereocenters. The summed E-state index contributed by atoms with van der Waals surface area (Å²) < 4.78 is 10.2. The molecule has 0 aromatic heterocycles. The zero-order valence-electron chi connectivity index (χ0n) is 26.7. The van der Waals surface area contributed by atoms with Gasteiger partial charge in [0.2, 0.25) is 0 Å². The van der Waals surface area contributed by atoms with Crippen molar-refractivity contribution in [1.29, 1.82) is 0 Å². The van der Waals surface area contributed by atoms with Crippen molar-refractivity contribution in [2.24, 2.45) is 9.98 Å². The minimum atomic E-state index is -0.762. The summed E-state index contributed by atoms with van der Waals surface area (Å²) in [6.07, 6.45) is 2.51. The summed E-state index contributed by atoms with van der Waals surface area (Å²) in [4.78, 5) is 35.0. The third kappa shape index (κ3) is 9.66. The van der Waals surface area contributed by atoms with E-state index in [0.717, 1.165) is 44.5 Å². The van der Waals surface area contributed by atoms with Crippen LogP contribution in [0.15, 0.2) is 56.9 Å². The molecule has 0 fully saturated rings. The molecule has 8 nitrogen and oxygen atoms in total. The number of benzene rings is 2. The molecular formula is C34H42CoN2O6. The van der Waals surface area contributed by atoms with Gasteiger partial charge in [0.15, 0.2) is 0 Å². The smallest absolute Gasteiger partial charge is 0.875 e. The average molecular weight is 634 g/mol. The Balaban J connectivity index is 0.00000924. The summed E-state index contributed by atoms with van der Waals surface area (Å²) in [5.74, 6) is -2.49. The Hall–Kier alpha value is -3.69. The van der Waals surface area contributed by atoms with E-state index < -0.39 is 35.5 Å². The van der Waals surface area contributed by atoms with Gasteiger partial charge in [-0.05, 0) is 88.8 Å². The molecule has 1 radical (unpaired) electrons. The summed E-state index contributed by atoms with van der Waals surface area (Å²) in [5, 5.41) is 24.9. The third-order valence-corrected chi connectivity index (χ3v) is 6.84. The van der Waals surface area contributed by atoms with Gasteiger partial charge in [-0.15, -0.1) is 11.5 Å². The van der Waals surface area contributed by atoms with E-state index in [-0.39, 0.29) is 41.1 Å². The second-order valence-electron chi connectivity index (χ2n) is 10.5. The maximum atomic E-state index is 12.6. The van der Waals surface area contributed by atoms with Gasteiger partial charge in [-0.1, -0.05) is 49.2 Å². The van der Waals surface area contributed by atoms with Crippen LogP contribution in [0.25, 0.3) is 0 Å². The molecule has 0 heterocycles. The Labute approximate surface area is 265 Å². The van der Waals surface area contributed by atoms with Gasteiger partial charge in [0, 0.05) is 12.4 Å². The van der Waals surface area contributed by atoms with Crippen molar-refractivity contribution < 1.29 is 46.1 Å². The Bertz CT molecular complexity index is 1290. The molecule has 9 heteroatoms. The first-order valence-corrected chi connectivity index (χ1v) is 14.0. The molecule has 0 amide bonds. The SMILES string of the molecule is CCOC(=O)/C(C=N[C@@H](c1c(C)cc(C)cc1C)[C@@H](N=C/C(C(=O)OCC)=C(/C)[O-])c1c(C)cc(C)cc1C)=C(\C)[O-].[Co+2]. The summed E-state index contributed by atoms with van der Waals surface area (Å²) >= 11 is 0. The van der Waals surface area contributed by atoms with E-state index in [1.54, 1.807) is 13.8 Å². The number of hydrogen-bond acceptors (Lipinski definition) is 8. The molecule has 0 unspecified atom stereocenters. The average Bonchev–Trinajstić information content (AvgIpc) is 2.85. The Morgan fingerprint density at radius 2 is 0.953 bits per heavy atom. The van der Waals surface area contributed by atoms with Crippen molar-refractivity contribution >= 4 is 24.4 Å². The summed E-state index contributed by atoms with van der Waals surface area (Å²) in [7, 11) is 0. The first-order chi connectivity index (χ1) is 19.7. The van der Waals surface area contributed by atoms with Crippen LogP contribution >= 0.6 is 0 Å². The van der Waals surface area contributed by atoms with Crippen molar-refractivity contribution in [3.8, 4) is 0 Å². The molecule has 0 bridgehead atoms. The Kier molecular flexibility index (Phi) is 14.6. The second-order valence-corrected chi connectivity index (χ2v) is 10.5. The van der Waals surface area contributed by atoms with Gasteiger partial charge in [0.25, 0.3) is 0 Å². The van der Waals surface area contributed by atoms with Crippen molar-refractivity contribution in [2.45, 2.75) is 81.3 Å². The zero-order chi connectivity index (χ0) is 31.7. The summed E-state index contributed by atoms with van der Waals surface area (Å²) in [6.45, 7) is 18.0. The normalized spacial score (nSPS) is 14.1. The standard InChI is InChI=1S/C34H44N2O6.Co/c1-11-41-33(39)27(25(9)37)17-35-31(29-21(5)13-19(3)14-22(29)6)32(30-23(7)15-20(4)16-24(30)8)36-18-28(26(10)38)34(40)42-12-2;/h13-18,31-32,37-38H,11-12H2,1-10H3;/q;+2/p-2/b27-25+,28-26+,35-17?,36-18?;/t31-,32-;/m0./s1. The number of hydrogen-bond donors (Lipinski definition) is 0. The van der Waals surface area contributed by atoms with Crippen LogP contribution in [0.3, 0.4) is 0 Å². The predicted octanol–water partition coefficient (Wildman–Crippen LogP) is 4.85. The monoisotopic (exact) mass is 633 g/mol. The molecule has 0 spiro atoms. The van der Waals surface area contributed by atoms with E-state index in [1.807, 2.05) is 65.8 Å². The minimum Gasteiger partial charge on any atom is -0.875 e. The number of aryl methyl sites for hydroxylation is 6. The Morgan fingerprint density at radius 1 is 0.674 bits per heavy atom. The van der Waals surface area contributed by atoms with E-state index in [4.69, 9.17) is 19.5 Å². The first kappa shape index (κ1) is 37.3. The van der Waals surface area contributed by atoms with Gasteiger partial charge in [-0.3, -0.25) is 9.98 Å². The van der Waals surface area contributed by atoms with Crippen LogP contribution in [0.1, 0.15) is 84.3 Å². The molecule has 2 rings (SSSR count). The van der Waals surface area contributed by atoms with Crippen LogP contribution in [0.2, 0.25) is 0 Å². The van der Waals surface area contributed by atoms with Crippen LogP contribution in [-0.4, -0.2) is 37.6 Å². The maximum Gasteiger partial charge on any atom is 2.00 e. The zero-order valence-corrected chi connectivity index (χ0v) is 27.8. The fraction of sp³-hybridized carbons (Fsp3) is 0.412. The number of allylic oxidation sites excluding steroid dienone is 2. The van der Waals surface area contributed by atoms with Gasteiger partial charge >= 0.3 is 28.7 Å². The van der Waals surface area contributed by atoms with Crippen molar-refractivity contribution in [1.82, 2.24) is 0 Å². The molecule has 0 saturated carbocycles. The quantitative estimate of drug-likeness (QED) is 0.151. The van der Waals surface area contributed by atoms with E-state index in [9.17, 15) is 19.8 Å². The fourth-order valence-corrected chi connectivity index (χ4v) is 5.25. The van der Waals surface area contributed by atoms with Crippen molar-refractivity contribution in [3.63, 3.8) is 0 Å². The molecule has 2 aromatic carbocycles. The van der Waals surface area contributed by atoms with Crippen LogP contribution < -0.4 is 10.2 Å². The molecule has 43 heavy (non-hydrogen) atoms. The van der Waals surface area contributed by atoms with Gasteiger partial charge < -0.3 is 19.7 Å². The number of ether oxygens (including phenoxy) is 2. The Morgan fingerprint density at radius 3 is 1.19 bits per heavy atom. The molecule has 2 aromatic rings. The number of carbonyl (C=O) groups is 2. The number of aliphatic imine (C=N–C) groups is 2. The van der Waals surface area contributed by atoms with Crippen LogP contribution in [-0.2, 0) is 35.8 Å². The summed E-state index contributed by atoms with van der Waals surface area (Å²) in [6, 6.07) is 6.67. The van der Waals surface area contributed by atoms with Crippen LogP contribution in [0.4, 0.5) is 0 Å². The van der Waals surface area contributed by atoms with E-state index in [0.29, 0.717) is 0 Å². The van der Waals surface area contributed by atoms with Gasteiger partial charge in [-0.25, -0.2) is 9.59 Å². The third-order valence-electron chi connectivity index (χ3n) is 6.84. The molecule has 0 aliphatic carbocycles. The van der Waals surface area contributed by atoms with E-state index >= 15 is 0 Å².